The lowest BCUT2D eigenvalue weighted by molar-refractivity contribution is -0.120. The van der Waals surface area contributed by atoms with Crippen molar-refractivity contribution in [2.45, 2.75) is 59.8 Å². The highest BCUT2D eigenvalue weighted by molar-refractivity contribution is 6.06. The van der Waals surface area contributed by atoms with Gasteiger partial charge in [-0.05, 0) is 51.2 Å². The molecule has 0 unspecified atom stereocenters. The minimum Gasteiger partial charge on any atom is -0.464 e. The van der Waals surface area contributed by atoms with Gasteiger partial charge in [-0.1, -0.05) is 19.1 Å². The van der Waals surface area contributed by atoms with Crippen LogP contribution in [0.4, 0.5) is 0 Å². The van der Waals surface area contributed by atoms with Crippen LogP contribution in [0.15, 0.2) is 32.3 Å². The lowest BCUT2D eigenvalue weighted by Gasteiger charge is -2.13. The van der Waals surface area contributed by atoms with Gasteiger partial charge in [0.1, 0.15) is 11.3 Å². The molecule has 0 saturated carbocycles. The number of amides is 1. The first-order valence-electron chi connectivity index (χ1n) is 11.0. The highest BCUT2D eigenvalue weighted by Gasteiger charge is 2.28. The number of ether oxygens (including phenoxy) is 1. The van der Waals surface area contributed by atoms with Gasteiger partial charge < -0.3 is 13.6 Å². The Bertz CT molecular complexity index is 1210. The van der Waals surface area contributed by atoms with Crippen LogP contribution in [0.25, 0.3) is 11.0 Å². The number of fused-ring (bicyclic) bond motifs is 2. The summed E-state index contributed by atoms with van der Waals surface area (Å²) in [4.78, 5) is 24.9. The summed E-state index contributed by atoms with van der Waals surface area (Å²) in [5.41, 5.74) is 8.77. The van der Waals surface area contributed by atoms with E-state index in [0.717, 1.165) is 64.0 Å². The number of hydrazone groups is 1. The third-order valence-corrected chi connectivity index (χ3v) is 5.96. The molecule has 1 aliphatic rings. The standard InChI is InChI=1S/C25H28N2O5/c1-5-11-30-25(29)24-16(4)22-19(7-6-8-20(22)32-24)26-27-21(28)12-17-13-31-23-15(3)14(2)9-10-18(17)23/h9-10,13H,5-8,11-12H2,1-4H3,(H,27,28)/b26-19+. The Balaban J connectivity index is 1.51. The molecule has 1 N–H and O–H groups in total. The maximum absolute atomic E-state index is 12.6. The van der Waals surface area contributed by atoms with Gasteiger partial charge in [-0.3, -0.25) is 4.79 Å². The second-order valence-electron chi connectivity index (χ2n) is 8.26. The van der Waals surface area contributed by atoms with Gasteiger partial charge >= 0.3 is 5.97 Å². The normalized spacial score (nSPS) is 14.6. The number of nitrogens with one attached hydrogen (secondary N) is 1. The number of carbonyl (C=O) groups excluding carboxylic acids is 2. The van der Waals surface area contributed by atoms with Crippen LogP contribution in [0.2, 0.25) is 0 Å². The van der Waals surface area contributed by atoms with Gasteiger partial charge in [0.2, 0.25) is 11.7 Å². The SMILES string of the molecule is CCCOC(=O)c1oc2c(c1C)/C(=N/NC(=O)Cc1coc3c(C)c(C)ccc13)CCC2. The summed E-state index contributed by atoms with van der Waals surface area (Å²) in [6.45, 7) is 8.16. The van der Waals surface area contributed by atoms with E-state index >= 15 is 0 Å². The molecule has 1 aliphatic carbocycles. The van der Waals surface area contributed by atoms with Gasteiger partial charge in [-0.2, -0.15) is 5.10 Å². The Morgan fingerprint density at radius 3 is 2.75 bits per heavy atom. The number of furan rings is 2. The van der Waals surface area contributed by atoms with Crippen LogP contribution in [-0.2, 0) is 22.4 Å². The van der Waals surface area contributed by atoms with Crippen LogP contribution < -0.4 is 5.43 Å². The first-order chi connectivity index (χ1) is 15.4. The van der Waals surface area contributed by atoms with Crippen molar-refractivity contribution in [2.75, 3.05) is 6.61 Å². The molecule has 0 fully saturated rings. The Hall–Kier alpha value is -3.35. The highest BCUT2D eigenvalue weighted by Crippen LogP contribution is 2.30. The first-order valence-corrected chi connectivity index (χ1v) is 11.0. The minimum absolute atomic E-state index is 0.165. The fourth-order valence-corrected chi connectivity index (χ4v) is 4.10. The largest absolute Gasteiger partial charge is 0.464 e. The van der Waals surface area contributed by atoms with Crippen molar-refractivity contribution in [3.05, 3.63) is 57.7 Å². The van der Waals surface area contributed by atoms with E-state index in [1.54, 1.807) is 6.26 Å². The molecular formula is C25H28N2O5. The fraction of sp³-hybridized carbons (Fsp3) is 0.400. The predicted octanol–water partition coefficient (Wildman–Crippen LogP) is 4.92. The molecule has 0 bridgehead atoms. The third-order valence-electron chi connectivity index (χ3n) is 5.96. The van der Waals surface area contributed by atoms with Gasteiger partial charge in [0.05, 0.1) is 25.0 Å². The van der Waals surface area contributed by atoms with E-state index in [1.165, 1.54) is 0 Å². The van der Waals surface area contributed by atoms with E-state index in [9.17, 15) is 9.59 Å². The van der Waals surface area contributed by atoms with Crippen LogP contribution in [0.3, 0.4) is 0 Å². The Morgan fingerprint density at radius 2 is 1.97 bits per heavy atom. The maximum Gasteiger partial charge on any atom is 0.374 e. The number of nitrogens with zero attached hydrogens (tertiary/aromatic N) is 1. The first kappa shape index (κ1) is 21.9. The summed E-state index contributed by atoms with van der Waals surface area (Å²) in [5.74, 6) is 0.255. The Morgan fingerprint density at radius 1 is 1.16 bits per heavy atom. The third kappa shape index (κ3) is 4.07. The molecule has 0 spiro atoms. The maximum atomic E-state index is 12.6. The van der Waals surface area contributed by atoms with Crippen LogP contribution >= 0.6 is 0 Å². The van der Waals surface area contributed by atoms with Crippen LogP contribution in [0.5, 0.6) is 0 Å². The van der Waals surface area contributed by atoms with E-state index in [1.807, 2.05) is 39.8 Å². The van der Waals surface area contributed by atoms with Crippen LogP contribution in [0.1, 0.15) is 70.3 Å². The number of hydrogen-bond donors (Lipinski definition) is 1. The second kappa shape index (κ2) is 9.02. The van der Waals surface area contributed by atoms with E-state index in [-0.39, 0.29) is 18.1 Å². The highest BCUT2D eigenvalue weighted by atomic mass is 16.5. The predicted molar refractivity (Wildman–Crippen MR) is 121 cm³/mol. The zero-order valence-electron chi connectivity index (χ0n) is 19.0. The molecule has 3 aromatic rings. The van der Waals surface area contributed by atoms with E-state index < -0.39 is 5.97 Å². The van der Waals surface area contributed by atoms with Crippen molar-refractivity contribution in [3.8, 4) is 0 Å². The number of esters is 1. The summed E-state index contributed by atoms with van der Waals surface area (Å²) in [7, 11) is 0. The topological polar surface area (TPSA) is 94.0 Å². The van der Waals surface area contributed by atoms with Gasteiger partial charge in [0.15, 0.2) is 0 Å². The molecule has 32 heavy (non-hydrogen) atoms. The number of hydrogen-bond acceptors (Lipinski definition) is 6. The molecule has 168 valence electrons. The lowest BCUT2D eigenvalue weighted by atomic mass is 9.93. The van der Waals surface area contributed by atoms with E-state index in [0.29, 0.717) is 18.6 Å². The molecule has 7 heteroatoms. The van der Waals surface area contributed by atoms with E-state index in [4.69, 9.17) is 13.6 Å². The molecule has 7 nitrogen and oxygen atoms in total. The average molecular weight is 437 g/mol. The Labute approximate surface area is 186 Å². The summed E-state index contributed by atoms with van der Waals surface area (Å²) in [6.07, 6.45) is 4.81. The summed E-state index contributed by atoms with van der Waals surface area (Å²) < 4.78 is 16.7. The number of carbonyl (C=O) groups is 2. The number of aryl methyl sites for hydroxylation is 3. The summed E-state index contributed by atoms with van der Waals surface area (Å²) >= 11 is 0. The molecule has 2 heterocycles. The van der Waals surface area contributed by atoms with Crippen LogP contribution in [-0.4, -0.2) is 24.2 Å². The van der Waals surface area contributed by atoms with E-state index in [2.05, 4.69) is 10.5 Å². The molecule has 1 aromatic carbocycles. The minimum atomic E-state index is -0.459. The zero-order chi connectivity index (χ0) is 22.8. The molecule has 2 aromatic heterocycles. The molecule has 0 atom stereocenters. The second-order valence-corrected chi connectivity index (χ2v) is 8.26. The molecule has 4 rings (SSSR count). The Kier molecular flexibility index (Phi) is 6.17. The van der Waals surface area contributed by atoms with Crippen molar-refractivity contribution in [3.63, 3.8) is 0 Å². The lowest BCUT2D eigenvalue weighted by Crippen LogP contribution is -2.23. The fourth-order valence-electron chi connectivity index (χ4n) is 4.10. The zero-order valence-corrected chi connectivity index (χ0v) is 19.0. The van der Waals surface area contributed by atoms with Crippen LogP contribution in [0, 0.1) is 20.8 Å². The van der Waals surface area contributed by atoms with Gasteiger partial charge in [0, 0.05) is 28.5 Å². The monoisotopic (exact) mass is 436 g/mol. The molecular weight excluding hydrogens is 408 g/mol. The summed E-state index contributed by atoms with van der Waals surface area (Å²) in [5, 5.41) is 5.33. The van der Waals surface area contributed by atoms with Gasteiger partial charge in [-0.15, -0.1) is 0 Å². The molecule has 0 radical (unpaired) electrons. The average Bonchev–Trinajstić information content (AvgIpc) is 3.35. The van der Waals surface area contributed by atoms with Crippen molar-refractivity contribution in [2.24, 2.45) is 5.10 Å². The summed E-state index contributed by atoms with van der Waals surface area (Å²) in [6, 6.07) is 4.01. The number of benzene rings is 1. The van der Waals surface area contributed by atoms with Crippen molar-refractivity contribution in [1.29, 1.82) is 0 Å². The quantitative estimate of drug-likeness (QED) is 0.437. The number of rotatable bonds is 6. The molecule has 0 saturated heterocycles. The van der Waals surface area contributed by atoms with Crippen molar-refractivity contribution < 1.29 is 23.2 Å². The smallest absolute Gasteiger partial charge is 0.374 e. The van der Waals surface area contributed by atoms with Crippen molar-refractivity contribution in [1.82, 2.24) is 5.43 Å². The van der Waals surface area contributed by atoms with Crippen molar-refractivity contribution >= 4 is 28.6 Å². The van der Waals surface area contributed by atoms with Gasteiger partial charge in [-0.25, -0.2) is 10.2 Å². The molecule has 1 amide bonds. The van der Waals surface area contributed by atoms with Gasteiger partial charge in [0.25, 0.3) is 0 Å². The molecule has 0 aliphatic heterocycles.